The van der Waals surface area contributed by atoms with Gasteiger partial charge in [-0.1, -0.05) is 35.9 Å². The van der Waals surface area contributed by atoms with Crippen LogP contribution in [0.3, 0.4) is 0 Å². The van der Waals surface area contributed by atoms with Crippen molar-refractivity contribution in [2.45, 2.75) is 0 Å². The van der Waals surface area contributed by atoms with Crippen LogP contribution in [0, 0.1) is 0 Å². The molecule has 0 amide bonds. The van der Waals surface area contributed by atoms with Gasteiger partial charge < -0.3 is 9.52 Å². The summed E-state index contributed by atoms with van der Waals surface area (Å²) in [6.07, 6.45) is 0. The van der Waals surface area contributed by atoms with E-state index in [9.17, 15) is 14.7 Å². The fraction of sp³-hybridized carbons (Fsp3) is 0. The number of carboxylic acid groups (broad SMARTS) is 1. The van der Waals surface area contributed by atoms with E-state index in [1.54, 1.807) is 41.8 Å². The Balaban J connectivity index is 1.85. The first-order valence-corrected chi connectivity index (χ1v) is 8.81. The molecule has 0 atom stereocenters. The Morgan fingerprint density at radius 2 is 1.96 bits per heavy atom. The summed E-state index contributed by atoms with van der Waals surface area (Å²) in [5.41, 5.74) is 1.26. The molecule has 0 bridgehead atoms. The number of carbonyl (C=O) groups is 1. The normalized spacial score (nSPS) is 11.0. The maximum absolute atomic E-state index is 12.3. The Morgan fingerprint density at radius 3 is 2.77 bits per heavy atom. The highest BCUT2D eigenvalue weighted by Gasteiger charge is 2.16. The molecule has 0 spiro atoms. The third-order valence-electron chi connectivity index (χ3n) is 3.86. The fourth-order valence-electron chi connectivity index (χ4n) is 2.65. The molecule has 0 fully saturated rings. The number of nitrogens with zero attached hydrogens (tertiary/aromatic N) is 1. The number of hydrogen-bond acceptors (Lipinski definition) is 5. The molecule has 26 heavy (non-hydrogen) atoms. The summed E-state index contributed by atoms with van der Waals surface area (Å²) in [6, 6.07) is 13.0. The third kappa shape index (κ3) is 2.79. The lowest BCUT2D eigenvalue weighted by atomic mass is 10.1. The maximum atomic E-state index is 12.3. The molecule has 7 heteroatoms. The number of halogens is 1. The summed E-state index contributed by atoms with van der Waals surface area (Å²) < 4.78 is 5.79. The maximum Gasteiger partial charge on any atom is 0.336 e. The Morgan fingerprint density at radius 1 is 1.15 bits per heavy atom. The van der Waals surface area contributed by atoms with Gasteiger partial charge in [0.25, 0.3) is 0 Å². The quantitative estimate of drug-likeness (QED) is 0.542. The molecule has 2 heterocycles. The van der Waals surface area contributed by atoms with E-state index in [1.807, 2.05) is 0 Å². The van der Waals surface area contributed by atoms with E-state index < -0.39 is 5.97 Å². The SMILES string of the molecule is O=C(O)c1ccccc1-c1csc(-c2cc(=O)c3cccc(Cl)c3o2)n1. The molecule has 1 N–H and O–H groups in total. The van der Waals surface area contributed by atoms with Crippen LogP contribution in [0.5, 0.6) is 0 Å². The lowest BCUT2D eigenvalue weighted by Crippen LogP contribution is -2.00. The Bertz CT molecular complexity index is 1210. The van der Waals surface area contributed by atoms with Gasteiger partial charge in [-0.25, -0.2) is 9.78 Å². The first-order valence-electron chi connectivity index (χ1n) is 7.55. The van der Waals surface area contributed by atoms with Gasteiger partial charge in [0.05, 0.1) is 21.7 Å². The highest BCUT2D eigenvalue weighted by Crippen LogP contribution is 2.32. The van der Waals surface area contributed by atoms with E-state index in [0.717, 1.165) is 0 Å². The molecule has 0 aliphatic rings. The average molecular weight is 384 g/mol. The van der Waals surface area contributed by atoms with Gasteiger partial charge in [-0.3, -0.25) is 4.79 Å². The number of hydrogen-bond donors (Lipinski definition) is 1. The van der Waals surface area contributed by atoms with Gasteiger partial charge in [0.2, 0.25) is 0 Å². The average Bonchev–Trinajstić information content (AvgIpc) is 3.12. The Hall–Kier alpha value is -2.96. The van der Waals surface area contributed by atoms with Crippen molar-refractivity contribution < 1.29 is 14.3 Å². The molecule has 0 radical (unpaired) electrons. The number of fused-ring (bicyclic) bond motifs is 1. The van der Waals surface area contributed by atoms with E-state index in [2.05, 4.69) is 4.98 Å². The summed E-state index contributed by atoms with van der Waals surface area (Å²) in [5, 5.41) is 12.3. The number of para-hydroxylation sites is 1. The second kappa shape index (κ2) is 6.40. The predicted molar refractivity (Wildman–Crippen MR) is 101 cm³/mol. The van der Waals surface area contributed by atoms with Crippen molar-refractivity contribution in [1.82, 2.24) is 4.98 Å². The molecule has 2 aromatic carbocycles. The number of aromatic nitrogens is 1. The molecule has 4 aromatic rings. The van der Waals surface area contributed by atoms with Crippen molar-refractivity contribution >= 4 is 39.9 Å². The summed E-state index contributed by atoms with van der Waals surface area (Å²) in [6.45, 7) is 0. The van der Waals surface area contributed by atoms with E-state index in [0.29, 0.717) is 38.0 Å². The topological polar surface area (TPSA) is 80.4 Å². The second-order valence-corrected chi connectivity index (χ2v) is 6.75. The molecule has 0 aliphatic heterocycles. The van der Waals surface area contributed by atoms with Crippen LogP contribution >= 0.6 is 22.9 Å². The molecule has 0 unspecified atom stereocenters. The highest BCUT2D eigenvalue weighted by atomic mass is 35.5. The van der Waals surface area contributed by atoms with E-state index in [1.165, 1.54) is 23.5 Å². The molecular weight excluding hydrogens is 374 g/mol. The number of rotatable bonds is 3. The molecule has 0 saturated heterocycles. The van der Waals surface area contributed by atoms with Gasteiger partial charge in [-0.05, 0) is 18.2 Å². The minimum absolute atomic E-state index is 0.160. The van der Waals surface area contributed by atoms with Crippen molar-refractivity contribution in [2.75, 3.05) is 0 Å². The monoisotopic (exact) mass is 383 g/mol. The number of benzene rings is 2. The minimum Gasteiger partial charge on any atom is -0.478 e. The van der Waals surface area contributed by atoms with Crippen LogP contribution in [-0.2, 0) is 0 Å². The van der Waals surface area contributed by atoms with E-state index >= 15 is 0 Å². The van der Waals surface area contributed by atoms with Gasteiger partial charge in [-0.15, -0.1) is 11.3 Å². The fourth-order valence-corrected chi connectivity index (χ4v) is 3.64. The largest absolute Gasteiger partial charge is 0.478 e. The Labute approximate surface area is 156 Å². The smallest absolute Gasteiger partial charge is 0.336 e. The lowest BCUT2D eigenvalue weighted by Gasteiger charge is -2.03. The summed E-state index contributed by atoms with van der Waals surface area (Å²) >= 11 is 7.39. The van der Waals surface area contributed by atoms with Crippen molar-refractivity contribution in [3.8, 4) is 22.0 Å². The van der Waals surface area contributed by atoms with Crippen LogP contribution in [0.4, 0.5) is 0 Å². The van der Waals surface area contributed by atoms with Gasteiger partial charge in [0.15, 0.2) is 21.8 Å². The molecule has 2 aromatic heterocycles. The van der Waals surface area contributed by atoms with Gasteiger partial charge in [0.1, 0.15) is 0 Å². The first-order chi connectivity index (χ1) is 12.5. The predicted octanol–water partition coefficient (Wildman–Crippen LogP) is 4.94. The van der Waals surface area contributed by atoms with Crippen LogP contribution in [0.2, 0.25) is 5.02 Å². The van der Waals surface area contributed by atoms with Gasteiger partial charge in [0, 0.05) is 17.0 Å². The summed E-state index contributed by atoms with van der Waals surface area (Å²) in [7, 11) is 0. The van der Waals surface area contributed by atoms with Crippen molar-refractivity contribution in [1.29, 1.82) is 0 Å². The molecule has 0 saturated carbocycles. The minimum atomic E-state index is -1.03. The molecule has 0 aliphatic carbocycles. The number of carboxylic acids is 1. The second-order valence-electron chi connectivity index (χ2n) is 5.48. The zero-order valence-corrected chi connectivity index (χ0v) is 14.7. The standard InChI is InChI=1S/C19H10ClNO4S/c20-13-7-3-6-12-15(22)8-16(25-17(12)13)18-21-14(9-26-18)10-4-1-2-5-11(10)19(23)24/h1-9H,(H,23,24). The molecule has 5 nitrogen and oxygen atoms in total. The molecular formula is C19H10ClNO4S. The van der Waals surface area contributed by atoms with Gasteiger partial charge >= 0.3 is 5.97 Å². The molecule has 128 valence electrons. The van der Waals surface area contributed by atoms with Crippen LogP contribution in [0.25, 0.3) is 33.0 Å². The van der Waals surface area contributed by atoms with Crippen molar-refractivity contribution in [2.24, 2.45) is 0 Å². The third-order valence-corrected chi connectivity index (χ3v) is 5.01. The van der Waals surface area contributed by atoms with Crippen molar-refractivity contribution in [3.63, 3.8) is 0 Å². The highest BCUT2D eigenvalue weighted by molar-refractivity contribution is 7.13. The van der Waals surface area contributed by atoms with Crippen LogP contribution in [-0.4, -0.2) is 16.1 Å². The summed E-state index contributed by atoms with van der Waals surface area (Å²) in [4.78, 5) is 28.2. The van der Waals surface area contributed by atoms with Gasteiger partial charge in [-0.2, -0.15) is 0 Å². The number of thiazole rings is 1. The van der Waals surface area contributed by atoms with E-state index in [-0.39, 0.29) is 11.0 Å². The molecule has 4 rings (SSSR count). The van der Waals surface area contributed by atoms with Crippen LogP contribution < -0.4 is 5.43 Å². The zero-order valence-electron chi connectivity index (χ0n) is 13.1. The summed E-state index contributed by atoms with van der Waals surface area (Å²) in [5.74, 6) is -0.737. The van der Waals surface area contributed by atoms with Crippen LogP contribution in [0.1, 0.15) is 10.4 Å². The Kier molecular flexibility index (Phi) is 4.06. The zero-order chi connectivity index (χ0) is 18.3. The van der Waals surface area contributed by atoms with E-state index in [4.69, 9.17) is 16.0 Å². The van der Waals surface area contributed by atoms with Crippen LogP contribution in [0.15, 0.2) is 63.1 Å². The number of aromatic carboxylic acids is 1. The first kappa shape index (κ1) is 16.5. The lowest BCUT2D eigenvalue weighted by molar-refractivity contribution is 0.0697. The van der Waals surface area contributed by atoms with Crippen molar-refractivity contribution in [3.05, 3.63) is 74.7 Å².